The average molecular weight is 1260 g/mol. The zero-order chi connectivity index (χ0) is 66.7. The highest BCUT2D eigenvalue weighted by molar-refractivity contribution is 5.95. The van der Waals surface area contributed by atoms with Crippen molar-refractivity contribution >= 4 is 65.4 Å². The highest BCUT2D eigenvalue weighted by atomic mass is 19.1. The minimum Gasteiger partial charge on any atom is -0.481 e. The van der Waals surface area contributed by atoms with E-state index >= 15 is 4.39 Å². The molecule has 25 nitrogen and oxygen atoms in total. The summed E-state index contributed by atoms with van der Waals surface area (Å²) in [5.74, 6) is -11.4. The maximum atomic E-state index is 15.5. The highest BCUT2D eigenvalue weighted by Crippen LogP contribution is 2.41. The fraction of sp³-hybridized carbons (Fsp3) is 0.476. The third-order valence-electron chi connectivity index (χ3n) is 13.7. The first kappa shape index (κ1) is 73.2. The van der Waals surface area contributed by atoms with Gasteiger partial charge in [-0.25, -0.2) is 23.2 Å². The van der Waals surface area contributed by atoms with Crippen molar-refractivity contribution in [2.24, 2.45) is 11.1 Å². The lowest BCUT2D eigenvalue weighted by Crippen LogP contribution is -2.56. The summed E-state index contributed by atoms with van der Waals surface area (Å²) in [6, 6.07) is 15.5. The van der Waals surface area contributed by atoms with E-state index < -0.39 is 176 Å². The van der Waals surface area contributed by atoms with Crippen molar-refractivity contribution in [1.82, 2.24) is 41.4 Å². The number of nitrogens with two attached hydrogens (primary N) is 1. The number of alkyl carbamates (subject to hydrolysis) is 1. The van der Waals surface area contributed by atoms with Gasteiger partial charge in [-0.15, -0.1) is 0 Å². The fourth-order valence-electron chi connectivity index (χ4n) is 9.54. The number of amides is 8. The standard InChI is InChI=1S/C63H83F2N9O16/c1-62(2,3)56(49-32-41(43-33-42(64)23-24-44(43)65)36-73(49)35-39-16-9-7-10-17-39)74(54(80)37-75)31-28-45(57(83)67-30-27-53(79)69-46(59(85)86)25-26-55(81)82)72-58(84)48(34-50(66)76)71-52(78)22-15-21-51(77)70-47(60(87)90-63(4,5)6)20-13-14-29-68-61(88)89-38-40-18-11-8-12-19-40/h7-12,16-19,23-24,32-33,36,45-48,56,75H,13-15,20-22,25-31,34-35,37-38H2,1-6H3,(H2,66,76)(H,67,83)(H,68,88)(H,69,79)(H,70,77)(H,71,78)(H,72,84)(H,81,82)(H,85,86)/t45-,46+,47-,48-,56-/m0/s1. The van der Waals surface area contributed by atoms with Crippen LogP contribution in [0, 0.1) is 17.0 Å². The number of carboxylic acid groups (broad SMARTS) is 2. The number of unbranched alkanes of at least 4 members (excludes halogenated alkanes) is 1. The first-order valence-electron chi connectivity index (χ1n) is 29.4. The number of carbonyl (C=O) groups excluding carboxylic acids is 9. The first-order valence-corrected chi connectivity index (χ1v) is 29.4. The third-order valence-corrected chi connectivity index (χ3v) is 13.7. The molecule has 1 heterocycles. The number of esters is 1. The average Bonchev–Trinajstić information content (AvgIpc) is 1.63. The molecule has 1 aromatic heterocycles. The van der Waals surface area contributed by atoms with Crippen LogP contribution in [0.15, 0.2) is 91.1 Å². The molecule has 0 aliphatic rings. The summed E-state index contributed by atoms with van der Waals surface area (Å²) < 4.78 is 42.6. The second-order valence-electron chi connectivity index (χ2n) is 23.5. The Morgan fingerprint density at radius 3 is 1.84 bits per heavy atom. The zero-order valence-electron chi connectivity index (χ0n) is 51.4. The Bertz CT molecular complexity index is 3110. The maximum absolute atomic E-state index is 15.5. The van der Waals surface area contributed by atoms with E-state index in [4.69, 9.17) is 20.3 Å². The van der Waals surface area contributed by atoms with Crippen LogP contribution in [-0.2, 0) is 70.6 Å². The molecule has 0 radical (unpaired) electrons. The Hall–Kier alpha value is -9.27. The summed E-state index contributed by atoms with van der Waals surface area (Å²) >= 11 is 0. The Labute approximate surface area is 520 Å². The molecule has 4 aromatic rings. The lowest BCUT2D eigenvalue weighted by atomic mass is 9.82. The van der Waals surface area contributed by atoms with Gasteiger partial charge in [0, 0.05) is 74.9 Å². The van der Waals surface area contributed by atoms with Gasteiger partial charge in [0.25, 0.3) is 0 Å². The molecule has 11 N–H and O–H groups in total. The number of nitrogens with one attached hydrogen (secondary N) is 6. The van der Waals surface area contributed by atoms with Crippen molar-refractivity contribution in [3.8, 4) is 11.1 Å². The van der Waals surface area contributed by atoms with Gasteiger partial charge in [-0.1, -0.05) is 81.4 Å². The second kappa shape index (κ2) is 35.7. The molecule has 8 amide bonds. The van der Waals surface area contributed by atoms with Crippen LogP contribution in [0.3, 0.4) is 0 Å². The molecule has 0 aliphatic heterocycles. The fourth-order valence-corrected chi connectivity index (χ4v) is 9.54. The second-order valence-corrected chi connectivity index (χ2v) is 23.5. The number of primary amides is 1. The molecule has 0 bridgehead atoms. The van der Waals surface area contributed by atoms with E-state index in [9.17, 15) is 67.3 Å². The van der Waals surface area contributed by atoms with Gasteiger partial charge < -0.3 is 71.9 Å². The maximum Gasteiger partial charge on any atom is 0.407 e. The number of hydrogen-bond donors (Lipinski definition) is 10. The predicted molar refractivity (Wildman–Crippen MR) is 323 cm³/mol. The van der Waals surface area contributed by atoms with Crippen LogP contribution in [-0.4, -0.2) is 146 Å². The zero-order valence-corrected chi connectivity index (χ0v) is 51.4. The number of aliphatic hydroxyl groups excluding tert-OH is 1. The van der Waals surface area contributed by atoms with E-state index in [1.807, 2.05) is 30.3 Å². The van der Waals surface area contributed by atoms with Gasteiger partial charge in [-0.2, -0.15) is 0 Å². The molecule has 0 spiro atoms. The molecule has 90 heavy (non-hydrogen) atoms. The van der Waals surface area contributed by atoms with Crippen LogP contribution < -0.4 is 37.6 Å². The molecular formula is C63H83F2N9O16. The molecule has 0 fully saturated rings. The van der Waals surface area contributed by atoms with E-state index in [1.54, 1.807) is 88.7 Å². The predicted octanol–water partition coefficient (Wildman–Crippen LogP) is 4.66. The van der Waals surface area contributed by atoms with Crippen LogP contribution in [0.1, 0.15) is 135 Å². The molecule has 0 saturated carbocycles. The van der Waals surface area contributed by atoms with Crippen LogP contribution in [0.5, 0.6) is 0 Å². The smallest absolute Gasteiger partial charge is 0.407 e. The molecule has 0 saturated heterocycles. The summed E-state index contributed by atoms with van der Waals surface area (Å²) in [7, 11) is 0. The van der Waals surface area contributed by atoms with Crippen LogP contribution in [0.25, 0.3) is 11.1 Å². The lowest BCUT2D eigenvalue weighted by Gasteiger charge is -2.41. The van der Waals surface area contributed by atoms with Gasteiger partial charge in [0.15, 0.2) is 0 Å². The Morgan fingerprint density at radius 2 is 1.26 bits per heavy atom. The lowest BCUT2D eigenvalue weighted by molar-refractivity contribution is -0.159. The van der Waals surface area contributed by atoms with Crippen LogP contribution >= 0.6 is 0 Å². The summed E-state index contributed by atoms with van der Waals surface area (Å²) in [5, 5.41) is 44.0. The molecule has 490 valence electrons. The van der Waals surface area contributed by atoms with Crippen molar-refractivity contribution in [2.45, 2.75) is 161 Å². The summed E-state index contributed by atoms with van der Waals surface area (Å²) in [6.07, 6.45) is -1.87. The van der Waals surface area contributed by atoms with Crippen molar-refractivity contribution in [1.29, 1.82) is 0 Å². The number of hydrogen-bond acceptors (Lipinski definition) is 14. The number of carbonyl (C=O) groups is 11. The van der Waals surface area contributed by atoms with Crippen molar-refractivity contribution < 1.29 is 86.3 Å². The largest absolute Gasteiger partial charge is 0.481 e. The topological polar surface area (TPSA) is 373 Å². The highest BCUT2D eigenvalue weighted by Gasteiger charge is 2.39. The molecule has 4 rings (SSSR count). The number of carboxylic acids is 2. The quantitative estimate of drug-likeness (QED) is 0.0219. The number of nitrogens with zero attached hydrogens (tertiary/aromatic N) is 2. The van der Waals surface area contributed by atoms with E-state index in [2.05, 4.69) is 31.9 Å². The van der Waals surface area contributed by atoms with E-state index in [0.717, 1.165) is 29.3 Å². The normalized spacial score (nSPS) is 13.0. The number of rotatable bonds is 36. The van der Waals surface area contributed by atoms with Crippen LogP contribution in [0.2, 0.25) is 0 Å². The van der Waals surface area contributed by atoms with E-state index in [0.29, 0.717) is 18.5 Å². The minimum absolute atomic E-state index is 0.0712. The SMILES string of the molecule is CC(C)(C)OC(=O)[C@H](CCCCNC(=O)OCc1ccccc1)NC(=O)CCCC(=O)N[C@@H](CC(N)=O)C(=O)N[C@@H](CCN(C(=O)CO)[C@@H](c1cc(-c2cc(F)ccc2F)cn1Cc1ccccc1)C(C)(C)C)C(=O)NCCC(=O)N[C@H](CCC(=O)O)C(=O)O. The van der Waals surface area contributed by atoms with Gasteiger partial charge in [0.05, 0.1) is 12.5 Å². The third kappa shape index (κ3) is 25.8. The summed E-state index contributed by atoms with van der Waals surface area (Å²) in [4.78, 5) is 144. The molecule has 5 atom stereocenters. The van der Waals surface area contributed by atoms with Crippen molar-refractivity contribution in [3.63, 3.8) is 0 Å². The van der Waals surface area contributed by atoms with Gasteiger partial charge in [-0.05, 0) is 100 Å². The number of aromatic nitrogens is 1. The number of ether oxygens (including phenoxy) is 2. The Kier molecular flexibility index (Phi) is 29.0. The Balaban J connectivity index is 1.56. The van der Waals surface area contributed by atoms with Gasteiger partial charge in [0.1, 0.15) is 54.6 Å². The number of aliphatic carboxylic acids is 2. The number of aliphatic hydroxyl groups is 1. The minimum atomic E-state index is -1.75. The molecule has 27 heteroatoms. The Morgan fingerprint density at radius 1 is 0.644 bits per heavy atom. The summed E-state index contributed by atoms with van der Waals surface area (Å²) in [5.41, 5.74) is 5.79. The van der Waals surface area contributed by atoms with Crippen molar-refractivity contribution in [3.05, 3.63) is 120 Å². The first-order chi connectivity index (χ1) is 42.4. The molecular weight excluding hydrogens is 1180 g/mol. The molecule has 0 unspecified atom stereocenters. The molecule has 0 aliphatic carbocycles. The van der Waals surface area contributed by atoms with Gasteiger partial charge in [-0.3, -0.25) is 38.4 Å². The number of halogens is 2. The van der Waals surface area contributed by atoms with E-state index in [1.165, 1.54) is 4.90 Å². The summed E-state index contributed by atoms with van der Waals surface area (Å²) in [6.45, 7) is 8.73. The van der Waals surface area contributed by atoms with E-state index in [-0.39, 0.29) is 50.1 Å². The monoisotopic (exact) mass is 1260 g/mol. The van der Waals surface area contributed by atoms with Crippen LogP contribution in [0.4, 0.5) is 13.6 Å². The molecule has 3 aromatic carbocycles. The van der Waals surface area contributed by atoms with Gasteiger partial charge in [0.2, 0.25) is 41.4 Å². The number of benzene rings is 3. The van der Waals surface area contributed by atoms with Gasteiger partial charge >= 0.3 is 24.0 Å². The van der Waals surface area contributed by atoms with Crippen molar-refractivity contribution in [2.75, 3.05) is 26.2 Å².